The maximum atomic E-state index is 13.9. The first kappa shape index (κ1) is 23.3. The summed E-state index contributed by atoms with van der Waals surface area (Å²) >= 11 is 6.23. The van der Waals surface area contributed by atoms with Crippen LogP contribution in [-0.4, -0.2) is 58.5 Å². The van der Waals surface area contributed by atoms with Gasteiger partial charge in [-0.05, 0) is 49.1 Å². The van der Waals surface area contributed by atoms with Crippen molar-refractivity contribution in [1.82, 2.24) is 13.9 Å². The van der Waals surface area contributed by atoms with E-state index in [1.165, 1.54) is 0 Å². The number of aryl methyl sites for hydroxylation is 1. The number of hydrogen-bond donors (Lipinski definition) is 0. The van der Waals surface area contributed by atoms with Gasteiger partial charge in [0.15, 0.2) is 0 Å². The lowest BCUT2D eigenvalue weighted by molar-refractivity contribution is -0.127. The molecular weight excluding hydrogens is 504 g/mol. The lowest BCUT2D eigenvalue weighted by atomic mass is 9.76. The highest BCUT2D eigenvalue weighted by Gasteiger charge is 2.60. The molecule has 2 fully saturated rings. The highest BCUT2D eigenvalue weighted by Crippen LogP contribution is 2.49. The van der Waals surface area contributed by atoms with Crippen molar-refractivity contribution in [3.63, 3.8) is 0 Å². The van der Waals surface area contributed by atoms with Crippen molar-refractivity contribution in [2.75, 3.05) is 30.0 Å². The largest absolute Gasteiger partial charge is 0.326 e. The molecule has 1 amide bonds. The zero-order valence-electron chi connectivity index (χ0n) is 19.5. The molecule has 1 saturated carbocycles. The summed E-state index contributed by atoms with van der Waals surface area (Å²) in [7, 11) is -1.87. The van der Waals surface area contributed by atoms with Crippen molar-refractivity contribution in [1.29, 1.82) is 0 Å². The number of benzene rings is 2. The second-order valence-corrected chi connectivity index (χ2v) is 13.4. The van der Waals surface area contributed by atoms with Crippen LogP contribution >= 0.6 is 11.6 Å². The number of imidazole rings is 1. The number of carbonyl (C=O) groups is 1. The molecule has 1 aliphatic carbocycles. The average Bonchev–Trinajstić information content (AvgIpc) is 3.56. The molecule has 0 bridgehead atoms. The van der Waals surface area contributed by atoms with E-state index in [0.717, 1.165) is 47.4 Å². The predicted molar refractivity (Wildman–Crippen MR) is 140 cm³/mol. The number of para-hydroxylation sites is 1. The predicted octanol–water partition coefficient (Wildman–Crippen LogP) is 3.38. The lowest BCUT2D eigenvalue weighted by Crippen LogP contribution is -2.64. The molecule has 35 heavy (non-hydrogen) atoms. The number of aromatic nitrogens is 2. The van der Waals surface area contributed by atoms with Crippen LogP contribution in [0.1, 0.15) is 30.7 Å². The highest BCUT2D eigenvalue weighted by atomic mass is 35.5. The Morgan fingerprint density at radius 3 is 2.66 bits per heavy atom. The van der Waals surface area contributed by atoms with Crippen molar-refractivity contribution in [3.8, 4) is 0 Å². The quantitative estimate of drug-likeness (QED) is 0.447. The minimum absolute atomic E-state index is 0.0500. The van der Waals surface area contributed by atoms with Crippen LogP contribution < -0.4 is 4.90 Å². The van der Waals surface area contributed by atoms with Crippen LogP contribution in [0.15, 0.2) is 42.5 Å². The number of fused-ring (bicyclic) bond motifs is 3. The number of amides is 1. The van der Waals surface area contributed by atoms with Gasteiger partial charge in [0.25, 0.3) is 0 Å². The van der Waals surface area contributed by atoms with E-state index in [4.69, 9.17) is 16.6 Å². The number of nitrogens with zero attached hydrogens (tertiary/aromatic N) is 4. The van der Waals surface area contributed by atoms with E-state index in [2.05, 4.69) is 4.57 Å². The van der Waals surface area contributed by atoms with Crippen molar-refractivity contribution in [2.45, 2.75) is 43.0 Å². The van der Waals surface area contributed by atoms with Gasteiger partial charge in [-0.2, -0.15) is 0 Å². The van der Waals surface area contributed by atoms with Crippen LogP contribution in [-0.2, 0) is 45.1 Å². The number of rotatable bonds is 8. The van der Waals surface area contributed by atoms with Crippen LogP contribution in [0.4, 0.5) is 5.69 Å². The molecule has 3 aliphatic rings. The normalized spacial score (nSPS) is 20.9. The third-order valence-corrected chi connectivity index (χ3v) is 10.1. The zero-order valence-corrected chi connectivity index (χ0v) is 21.9. The third kappa shape index (κ3) is 3.97. The molecule has 2 unspecified atom stereocenters. The minimum atomic E-state index is -0.997. The first-order valence-corrected chi connectivity index (χ1v) is 15.2. The zero-order chi connectivity index (χ0) is 24.3. The second-order valence-electron chi connectivity index (χ2n) is 9.71. The number of carbonyl (C=O) groups excluding carboxylic acids is 1. The van der Waals surface area contributed by atoms with Crippen molar-refractivity contribution in [3.05, 3.63) is 58.9 Å². The Balaban J connectivity index is 1.33. The molecule has 7 nitrogen and oxygen atoms in total. The van der Waals surface area contributed by atoms with E-state index >= 15 is 0 Å². The van der Waals surface area contributed by atoms with E-state index in [1.807, 2.05) is 51.7 Å². The summed E-state index contributed by atoms with van der Waals surface area (Å²) < 4.78 is 28.4. The van der Waals surface area contributed by atoms with Crippen molar-refractivity contribution in [2.24, 2.45) is 0 Å². The summed E-state index contributed by atoms with van der Waals surface area (Å²) in [4.78, 5) is 20.6. The fraction of sp³-hybridized carbons (Fsp3) is 0.440. The van der Waals surface area contributed by atoms with Gasteiger partial charge in [-0.1, -0.05) is 29.8 Å². The number of anilines is 1. The maximum Gasteiger partial charge on any atom is 0.240 e. The van der Waals surface area contributed by atoms with Crippen LogP contribution in [0.25, 0.3) is 11.0 Å². The van der Waals surface area contributed by atoms with Gasteiger partial charge in [0.2, 0.25) is 5.91 Å². The first-order chi connectivity index (χ1) is 16.9. The fourth-order valence-corrected chi connectivity index (χ4v) is 7.67. The fourth-order valence-electron chi connectivity index (χ4n) is 5.31. The molecule has 2 aromatic carbocycles. The van der Waals surface area contributed by atoms with E-state index in [9.17, 15) is 13.2 Å². The highest BCUT2D eigenvalue weighted by molar-refractivity contribution is 7.84. The molecule has 3 heterocycles. The summed E-state index contributed by atoms with van der Waals surface area (Å²) in [6.45, 7) is 1.99. The summed E-state index contributed by atoms with van der Waals surface area (Å²) in [6.07, 6.45) is 4.49. The summed E-state index contributed by atoms with van der Waals surface area (Å²) in [5.74, 6) is 1.44. The van der Waals surface area contributed by atoms with E-state index in [-0.39, 0.29) is 11.2 Å². The molecule has 0 N–H and O–H groups in total. The number of halogens is 1. The number of hydrogen-bond acceptors (Lipinski definition) is 4. The van der Waals surface area contributed by atoms with Crippen LogP contribution in [0, 0.1) is 0 Å². The first-order valence-electron chi connectivity index (χ1n) is 11.9. The average molecular weight is 531 g/mol. The standard InChI is InChI=1S/C25H27ClN4O3S2/c1-34(32)12-4-11-29-22-10-7-17(26)13-20(22)27-23(29)14-30-21-6-3-2-5-19(21)25(24(30)31)15-28(16-25)35(33)18-8-9-18/h2-3,5-7,10,13,18H,4,8-9,11-12,14-16H2,1H3. The van der Waals surface area contributed by atoms with Crippen molar-refractivity contribution >= 4 is 56.0 Å². The van der Waals surface area contributed by atoms with Crippen LogP contribution in [0.2, 0.25) is 5.02 Å². The molecule has 1 aromatic heterocycles. The molecule has 3 aromatic rings. The van der Waals surface area contributed by atoms with Crippen molar-refractivity contribution < 1.29 is 13.2 Å². The van der Waals surface area contributed by atoms with Crippen LogP contribution in [0.3, 0.4) is 0 Å². The van der Waals surface area contributed by atoms with Gasteiger partial charge in [-0.25, -0.2) is 13.5 Å². The molecular formula is C25H27ClN4O3S2. The topological polar surface area (TPSA) is 75.5 Å². The molecule has 2 atom stereocenters. The van der Waals surface area contributed by atoms with Crippen LogP contribution in [0.5, 0.6) is 0 Å². The SMILES string of the molecule is CS(=O)CCCn1c(CN2C(=O)C3(CN(S(=O)C4CC4)C3)c3ccccc32)nc2cc(Cl)ccc21. The van der Waals surface area contributed by atoms with E-state index < -0.39 is 27.2 Å². The molecule has 2 aliphatic heterocycles. The molecule has 6 rings (SSSR count). The molecule has 184 valence electrons. The lowest BCUT2D eigenvalue weighted by Gasteiger charge is -2.45. The molecule has 1 spiro atoms. The monoisotopic (exact) mass is 530 g/mol. The van der Waals surface area contributed by atoms with Gasteiger partial charge >= 0.3 is 0 Å². The van der Waals surface area contributed by atoms with Gasteiger partial charge in [0.05, 0.1) is 28.6 Å². The third-order valence-electron chi connectivity index (χ3n) is 7.22. The van der Waals surface area contributed by atoms with E-state index in [0.29, 0.717) is 37.0 Å². The Labute approximate surface area is 214 Å². The van der Waals surface area contributed by atoms with Gasteiger partial charge in [-0.3, -0.25) is 9.00 Å². The Morgan fingerprint density at radius 1 is 1.14 bits per heavy atom. The summed E-state index contributed by atoms with van der Waals surface area (Å²) in [5, 5.41) is 0.877. The Kier molecular flexibility index (Phi) is 5.86. The van der Waals surface area contributed by atoms with Gasteiger partial charge in [-0.15, -0.1) is 0 Å². The Bertz CT molecular complexity index is 1380. The van der Waals surface area contributed by atoms with Gasteiger partial charge in [0.1, 0.15) is 11.2 Å². The summed E-state index contributed by atoms with van der Waals surface area (Å²) in [6, 6.07) is 13.6. The Hall–Kier alpha value is -2.07. The molecule has 10 heteroatoms. The maximum absolute atomic E-state index is 13.9. The smallest absolute Gasteiger partial charge is 0.240 e. The molecule has 1 saturated heterocycles. The molecule has 0 radical (unpaired) electrons. The van der Waals surface area contributed by atoms with E-state index in [1.54, 1.807) is 6.26 Å². The summed E-state index contributed by atoms with van der Waals surface area (Å²) in [5.41, 5.74) is 3.02. The minimum Gasteiger partial charge on any atom is -0.326 e. The van der Waals surface area contributed by atoms with Gasteiger partial charge in [0, 0.05) is 58.4 Å². The second kappa shape index (κ2) is 8.80. The Morgan fingerprint density at radius 2 is 1.91 bits per heavy atom. The van der Waals surface area contributed by atoms with Gasteiger partial charge < -0.3 is 9.47 Å².